The third kappa shape index (κ3) is 3.99. The van der Waals surface area contributed by atoms with E-state index in [-0.39, 0.29) is 0 Å². The predicted molar refractivity (Wildman–Crippen MR) is 82.6 cm³/mol. The van der Waals surface area contributed by atoms with Crippen molar-refractivity contribution in [2.75, 3.05) is 6.54 Å². The van der Waals surface area contributed by atoms with E-state index in [1.54, 1.807) is 0 Å². The smallest absolute Gasteiger partial charge is 0.0987 e. The van der Waals surface area contributed by atoms with Crippen LogP contribution in [0.1, 0.15) is 50.8 Å². The first-order valence-corrected chi connectivity index (χ1v) is 8.35. The van der Waals surface area contributed by atoms with Crippen LogP contribution in [-0.4, -0.2) is 21.6 Å². The fourth-order valence-electron chi connectivity index (χ4n) is 2.68. The molecule has 1 aromatic rings. The zero-order chi connectivity index (χ0) is 13.8. The maximum absolute atomic E-state index is 4.61. The lowest BCUT2D eigenvalue weighted by Gasteiger charge is -2.12. The van der Waals surface area contributed by atoms with Crippen molar-refractivity contribution in [1.29, 1.82) is 0 Å². The van der Waals surface area contributed by atoms with E-state index in [1.807, 2.05) is 11.8 Å². The van der Waals surface area contributed by atoms with Crippen LogP contribution in [0, 0.1) is 12.8 Å². The monoisotopic (exact) mass is 281 g/mol. The Hall–Kier alpha value is -0.480. The molecule has 0 saturated heterocycles. The first-order chi connectivity index (χ1) is 9.08. The molecular weight excluding hydrogens is 254 g/mol. The minimum atomic E-state index is 0.697. The number of aryl methyl sites for hydroxylation is 2. The van der Waals surface area contributed by atoms with E-state index in [9.17, 15) is 0 Å². The summed E-state index contributed by atoms with van der Waals surface area (Å²) in [5.74, 6) is 0.697. The highest BCUT2D eigenvalue weighted by atomic mass is 32.2. The van der Waals surface area contributed by atoms with Crippen molar-refractivity contribution < 1.29 is 0 Å². The third-order valence-electron chi connectivity index (χ3n) is 3.72. The highest BCUT2D eigenvalue weighted by molar-refractivity contribution is 7.99. The quantitative estimate of drug-likeness (QED) is 0.865. The molecular formula is C15H27N3S. The number of rotatable bonds is 6. The maximum Gasteiger partial charge on any atom is 0.0987 e. The molecule has 19 heavy (non-hydrogen) atoms. The summed E-state index contributed by atoms with van der Waals surface area (Å²) in [6.07, 6.45) is 5.53. The van der Waals surface area contributed by atoms with Crippen molar-refractivity contribution in [3.05, 3.63) is 11.3 Å². The van der Waals surface area contributed by atoms with Gasteiger partial charge in [-0.2, -0.15) is 5.10 Å². The number of nitrogens with one attached hydrogen (secondary N) is 1. The highest BCUT2D eigenvalue weighted by Gasteiger charge is 2.21. The summed E-state index contributed by atoms with van der Waals surface area (Å²) in [6, 6.07) is 0. The molecule has 1 aliphatic rings. The normalized spacial score (nSPS) is 16.7. The van der Waals surface area contributed by atoms with E-state index < -0.39 is 0 Å². The van der Waals surface area contributed by atoms with Crippen molar-refractivity contribution >= 4 is 11.8 Å². The minimum Gasteiger partial charge on any atom is -0.312 e. The average Bonchev–Trinajstić information content (AvgIpc) is 2.92. The maximum atomic E-state index is 4.61. The molecule has 1 heterocycles. The summed E-state index contributed by atoms with van der Waals surface area (Å²) in [4.78, 5) is 0. The lowest BCUT2D eigenvalue weighted by Crippen LogP contribution is -2.19. The van der Waals surface area contributed by atoms with Gasteiger partial charge in [0.1, 0.15) is 0 Å². The second-order valence-electron chi connectivity index (χ2n) is 6.04. The molecule has 0 atom stereocenters. The molecule has 1 N–H and O–H groups in total. The summed E-state index contributed by atoms with van der Waals surface area (Å²) in [6.45, 7) is 8.65. The topological polar surface area (TPSA) is 29.9 Å². The van der Waals surface area contributed by atoms with Gasteiger partial charge in [-0.3, -0.25) is 4.68 Å². The van der Waals surface area contributed by atoms with Crippen LogP contribution in [0.2, 0.25) is 0 Å². The van der Waals surface area contributed by atoms with Gasteiger partial charge in [0.25, 0.3) is 0 Å². The van der Waals surface area contributed by atoms with E-state index in [0.29, 0.717) is 5.92 Å². The molecule has 0 unspecified atom stereocenters. The Morgan fingerprint density at radius 3 is 2.68 bits per heavy atom. The van der Waals surface area contributed by atoms with Gasteiger partial charge in [-0.25, -0.2) is 0 Å². The van der Waals surface area contributed by atoms with Crippen LogP contribution in [-0.2, 0) is 13.6 Å². The van der Waals surface area contributed by atoms with Crippen LogP contribution >= 0.6 is 11.8 Å². The lowest BCUT2D eigenvalue weighted by atomic mass is 10.2. The van der Waals surface area contributed by atoms with E-state index in [4.69, 9.17) is 0 Å². The van der Waals surface area contributed by atoms with Crippen molar-refractivity contribution in [2.24, 2.45) is 13.0 Å². The standard InChI is InChI=1S/C15H27N3S/c1-11(2)9-16-10-14-12(3)17-18(4)15(14)19-13-7-5-6-8-13/h11,13,16H,5-10H2,1-4H3. The second kappa shape index (κ2) is 6.80. The van der Waals surface area contributed by atoms with Gasteiger partial charge >= 0.3 is 0 Å². The summed E-state index contributed by atoms with van der Waals surface area (Å²) < 4.78 is 2.07. The Labute approximate surface area is 121 Å². The molecule has 108 valence electrons. The molecule has 0 aliphatic heterocycles. The molecule has 1 aromatic heterocycles. The lowest BCUT2D eigenvalue weighted by molar-refractivity contribution is 0.547. The molecule has 0 amide bonds. The van der Waals surface area contributed by atoms with Crippen LogP contribution in [0.5, 0.6) is 0 Å². The molecule has 3 nitrogen and oxygen atoms in total. The summed E-state index contributed by atoms with van der Waals surface area (Å²) in [7, 11) is 2.08. The van der Waals surface area contributed by atoms with Crippen molar-refractivity contribution in [1.82, 2.24) is 15.1 Å². The third-order valence-corrected chi connectivity index (χ3v) is 5.26. The molecule has 0 spiro atoms. The van der Waals surface area contributed by atoms with Gasteiger partial charge < -0.3 is 5.32 Å². The number of hydrogen-bond donors (Lipinski definition) is 1. The Morgan fingerprint density at radius 1 is 1.37 bits per heavy atom. The Balaban J connectivity index is 2.03. The summed E-state index contributed by atoms with van der Waals surface area (Å²) >= 11 is 2.04. The van der Waals surface area contributed by atoms with Crippen LogP contribution in [0.3, 0.4) is 0 Å². The number of hydrogen-bond acceptors (Lipinski definition) is 3. The van der Waals surface area contributed by atoms with E-state index in [2.05, 4.69) is 42.9 Å². The predicted octanol–water partition coefficient (Wildman–Crippen LogP) is 3.51. The molecule has 0 bridgehead atoms. The fraction of sp³-hybridized carbons (Fsp3) is 0.800. The summed E-state index contributed by atoms with van der Waals surface area (Å²) in [5, 5.41) is 10.3. The molecule has 0 radical (unpaired) electrons. The number of aromatic nitrogens is 2. The molecule has 0 aromatic carbocycles. The second-order valence-corrected chi connectivity index (χ2v) is 7.33. The van der Waals surface area contributed by atoms with Crippen LogP contribution < -0.4 is 5.32 Å². The van der Waals surface area contributed by atoms with Gasteiger partial charge in [-0.15, -0.1) is 11.8 Å². The first kappa shape index (κ1) is 14.9. The van der Waals surface area contributed by atoms with E-state index >= 15 is 0 Å². The van der Waals surface area contributed by atoms with Gasteiger partial charge in [0.15, 0.2) is 0 Å². The molecule has 2 rings (SSSR count). The average molecular weight is 281 g/mol. The first-order valence-electron chi connectivity index (χ1n) is 7.47. The molecule has 4 heteroatoms. The van der Waals surface area contributed by atoms with E-state index in [1.165, 1.54) is 42.0 Å². The zero-order valence-electron chi connectivity index (χ0n) is 12.7. The van der Waals surface area contributed by atoms with Gasteiger partial charge in [-0.05, 0) is 32.2 Å². The van der Waals surface area contributed by atoms with Crippen molar-refractivity contribution in [3.63, 3.8) is 0 Å². The Bertz CT molecular complexity index is 406. The van der Waals surface area contributed by atoms with Crippen molar-refractivity contribution in [2.45, 2.75) is 63.3 Å². The molecule has 1 fully saturated rings. The summed E-state index contributed by atoms with van der Waals surface area (Å²) in [5.41, 5.74) is 2.58. The largest absolute Gasteiger partial charge is 0.312 e. The van der Waals surface area contributed by atoms with Gasteiger partial charge in [0, 0.05) is 24.4 Å². The molecule has 1 aliphatic carbocycles. The van der Waals surface area contributed by atoms with Gasteiger partial charge in [0.2, 0.25) is 0 Å². The van der Waals surface area contributed by atoms with Crippen LogP contribution in [0.4, 0.5) is 0 Å². The number of thioether (sulfide) groups is 1. The Morgan fingerprint density at radius 2 is 2.05 bits per heavy atom. The SMILES string of the molecule is Cc1nn(C)c(SC2CCCC2)c1CNCC(C)C. The highest BCUT2D eigenvalue weighted by Crippen LogP contribution is 2.36. The fourth-order valence-corrected chi connectivity index (χ4v) is 4.12. The van der Waals surface area contributed by atoms with Crippen LogP contribution in [0.15, 0.2) is 5.03 Å². The van der Waals surface area contributed by atoms with E-state index in [0.717, 1.165) is 18.3 Å². The zero-order valence-corrected chi connectivity index (χ0v) is 13.5. The minimum absolute atomic E-state index is 0.697. The Kier molecular flexibility index (Phi) is 5.34. The van der Waals surface area contributed by atoms with Gasteiger partial charge in [-0.1, -0.05) is 26.7 Å². The number of nitrogens with zero attached hydrogens (tertiary/aromatic N) is 2. The van der Waals surface area contributed by atoms with Crippen molar-refractivity contribution in [3.8, 4) is 0 Å². The van der Waals surface area contributed by atoms with Gasteiger partial charge in [0.05, 0.1) is 10.7 Å². The van der Waals surface area contributed by atoms with Crippen LogP contribution in [0.25, 0.3) is 0 Å². The molecule has 1 saturated carbocycles.